The van der Waals surface area contributed by atoms with E-state index in [1.165, 1.54) is 10.9 Å². The molecule has 2 N–H and O–H groups in total. The molecule has 0 atom stereocenters. The molecule has 0 unspecified atom stereocenters. The fourth-order valence-electron chi connectivity index (χ4n) is 2.17. The van der Waals surface area contributed by atoms with E-state index in [0.29, 0.717) is 5.69 Å². The van der Waals surface area contributed by atoms with E-state index in [4.69, 9.17) is 11.6 Å². The lowest BCUT2D eigenvalue weighted by Gasteiger charge is -2.21. The number of hydrogen-bond acceptors (Lipinski definition) is 4. The van der Waals surface area contributed by atoms with Gasteiger partial charge in [-0.15, -0.1) is 0 Å². The summed E-state index contributed by atoms with van der Waals surface area (Å²) in [6.07, 6.45) is 1.45. The van der Waals surface area contributed by atoms with E-state index in [2.05, 4.69) is 31.7 Å². The van der Waals surface area contributed by atoms with Crippen molar-refractivity contribution in [3.05, 3.63) is 49.8 Å². The predicted octanol–water partition coefficient (Wildman–Crippen LogP) is 3.77. The molecule has 0 saturated heterocycles. The van der Waals surface area contributed by atoms with E-state index >= 15 is 0 Å². The number of aryl methyl sites for hydroxylation is 1. The third-order valence-corrected chi connectivity index (χ3v) is 4.31. The predicted molar refractivity (Wildman–Crippen MR) is 105 cm³/mol. The van der Waals surface area contributed by atoms with Crippen LogP contribution in [0.15, 0.2) is 33.7 Å². The average Bonchev–Trinajstić information content (AvgIpc) is 2.50. The van der Waals surface area contributed by atoms with Crippen molar-refractivity contribution in [3.63, 3.8) is 0 Å². The number of hydrogen-bond donors (Lipinski definition) is 2. The third-order valence-electron chi connectivity index (χ3n) is 3.46. The van der Waals surface area contributed by atoms with Crippen LogP contribution >= 0.6 is 27.5 Å². The second kappa shape index (κ2) is 7.58. The Balaban J connectivity index is 2.07. The van der Waals surface area contributed by atoms with E-state index in [1.807, 2.05) is 45.9 Å². The number of aromatic nitrogens is 2. The average molecular weight is 428 g/mol. The fourth-order valence-corrected chi connectivity index (χ4v) is 2.84. The maximum atomic E-state index is 12.3. The second-order valence-electron chi connectivity index (χ2n) is 6.62. The molecule has 0 bridgehead atoms. The number of halogens is 2. The van der Waals surface area contributed by atoms with Gasteiger partial charge in [0, 0.05) is 10.2 Å². The van der Waals surface area contributed by atoms with Crippen LogP contribution in [0, 0.1) is 6.92 Å². The molecular weight excluding hydrogens is 408 g/mol. The van der Waals surface area contributed by atoms with Crippen molar-refractivity contribution in [3.8, 4) is 0 Å². The summed E-state index contributed by atoms with van der Waals surface area (Å²) in [5.41, 5.74) is 1.12. The minimum Gasteiger partial charge on any atom is -0.373 e. The van der Waals surface area contributed by atoms with Crippen LogP contribution in [0.5, 0.6) is 0 Å². The van der Waals surface area contributed by atoms with Crippen molar-refractivity contribution in [2.45, 2.75) is 33.2 Å². The minimum atomic E-state index is -0.476. The Labute approximate surface area is 159 Å². The molecule has 0 radical (unpaired) electrons. The van der Waals surface area contributed by atoms with E-state index in [0.717, 1.165) is 15.7 Å². The molecule has 8 heteroatoms. The molecular formula is C17H20BrClN4O2. The van der Waals surface area contributed by atoms with Crippen molar-refractivity contribution in [2.24, 2.45) is 0 Å². The normalized spacial score (nSPS) is 11.3. The Hall–Kier alpha value is -1.86. The largest absolute Gasteiger partial charge is 0.373 e. The molecule has 6 nitrogen and oxygen atoms in total. The van der Waals surface area contributed by atoms with Crippen LogP contribution in [0.4, 0.5) is 11.4 Å². The topological polar surface area (TPSA) is 76.0 Å². The first-order valence-electron chi connectivity index (χ1n) is 7.68. The Bertz CT molecular complexity index is 859. The molecule has 1 aromatic heterocycles. The molecule has 25 heavy (non-hydrogen) atoms. The van der Waals surface area contributed by atoms with Crippen LogP contribution < -0.4 is 16.2 Å². The highest BCUT2D eigenvalue weighted by molar-refractivity contribution is 9.10. The highest BCUT2D eigenvalue weighted by atomic mass is 79.9. The first kappa shape index (κ1) is 19.5. The van der Waals surface area contributed by atoms with E-state index in [9.17, 15) is 9.59 Å². The van der Waals surface area contributed by atoms with Gasteiger partial charge in [0.1, 0.15) is 5.02 Å². The van der Waals surface area contributed by atoms with Gasteiger partial charge in [0.15, 0.2) is 0 Å². The van der Waals surface area contributed by atoms with Crippen LogP contribution in [0.3, 0.4) is 0 Å². The van der Waals surface area contributed by atoms with Gasteiger partial charge in [-0.05, 0) is 51.5 Å². The molecule has 1 heterocycles. The Morgan fingerprint density at radius 3 is 2.60 bits per heavy atom. The van der Waals surface area contributed by atoms with Crippen molar-refractivity contribution in [2.75, 3.05) is 17.2 Å². The Morgan fingerprint density at radius 2 is 2.00 bits per heavy atom. The van der Waals surface area contributed by atoms with Crippen LogP contribution in [0.1, 0.15) is 26.3 Å². The van der Waals surface area contributed by atoms with Crippen LogP contribution in [0.2, 0.25) is 5.02 Å². The van der Waals surface area contributed by atoms with Gasteiger partial charge < -0.3 is 10.6 Å². The Morgan fingerprint density at radius 1 is 1.32 bits per heavy atom. The number of nitrogens with zero attached hydrogens (tertiary/aromatic N) is 2. The smallest absolute Gasteiger partial charge is 0.288 e. The number of benzene rings is 1. The Kier molecular flexibility index (Phi) is 5.90. The molecule has 134 valence electrons. The molecule has 0 fully saturated rings. The minimum absolute atomic E-state index is 0.0116. The van der Waals surface area contributed by atoms with Crippen LogP contribution in [-0.4, -0.2) is 22.2 Å². The molecule has 0 aliphatic heterocycles. The lowest BCUT2D eigenvalue weighted by atomic mass is 10.1. The molecule has 1 amide bonds. The van der Waals surface area contributed by atoms with E-state index < -0.39 is 11.1 Å². The van der Waals surface area contributed by atoms with Gasteiger partial charge in [-0.3, -0.25) is 9.59 Å². The second-order valence-corrected chi connectivity index (χ2v) is 7.91. The standard InChI is InChI=1S/C17H20BrClN4O2/c1-10-7-11(18)5-6-12(10)22-14(24)9-20-13-8-21-23(17(2,3)4)16(25)15(13)19/h5-8,20H,9H2,1-4H3,(H,22,24). The quantitative estimate of drug-likeness (QED) is 0.779. The molecule has 0 spiro atoms. The molecule has 0 saturated carbocycles. The summed E-state index contributed by atoms with van der Waals surface area (Å²) in [5, 5.41) is 9.79. The van der Waals surface area contributed by atoms with Gasteiger partial charge in [0.2, 0.25) is 5.91 Å². The zero-order chi connectivity index (χ0) is 18.8. The van der Waals surface area contributed by atoms with Gasteiger partial charge in [0.05, 0.1) is 24.0 Å². The number of nitrogens with one attached hydrogen (secondary N) is 2. The van der Waals surface area contributed by atoms with Gasteiger partial charge in [-0.25, -0.2) is 4.68 Å². The van der Waals surface area contributed by atoms with Gasteiger partial charge in [0.25, 0.3) is 5.56 Å². The fraction of sp³-hybridized carbons (Fsp3) is 0.353. The highest BCUT2D eigenvalue weighted by Crippen LogP contribution is 2.21. The summed E-state index contributed by atoms with van der Waals surface area (Å²) in [5.74, 6) is -0.249. The zero-order valence-electron chi connectivity index (χ0n) is 14.5. The van der Waals surface area contributed by atoms with E-state index in [1.54, 1.807) is 0 Å². The maximum Gasteiger partial charge on any atom is 0.288 e. The first-order valence-corrected chi connectivity index (χ1v) is 8.85. The lowest BCUT2D eigenvalue weighted by molar-refractivity contribution is -0.114. The summed E-state index contributed by atoms with van der Waals surface area (Å²) in [6, 6.07) is 5.58. The van der Waals surface area contributed by atoms with Gasteiger partial charge in [-0.2, -0.15) is 5.10 Å². The number of carbonyl (C=O) groups excluding carboxylic acids is 1. The monoisotopic (exact) mass is 426 g/mol. The zero-order valence-corrected chi connectivity index (χ0v) is 16.8. The molecule has 0 aliphatic carbocycles. The molecule has 2 aromatic rings. The molecule has 0 aliphatic rings. The SMILES string of the molecule is Cc1cc(Br)ccc1NC(=O)CNc1cnn(C(C)(C)C)c(=O)c1Cl. The van der Waals surface area contributed by atoms with Gasteiger partial charge >= 0.3 is 0 Å². The van der Waals surface area contributed by atoms with Crippen molar-refractivity contribution in [1.82, 2.24) is 9.78 Å². The third kappa shape index (κ3) is 4.83. The highest BCUT2D eigenvalue weighted by Gasteiger charge is 2.19. The number of rotatable bonds is 4. The van der Waals surface area contributed by atoms with Crippen LogP contribution in [0.25, 0.3) is 0 Å². The summed E-state index contributed by atoms with van der Waals surface area (Å²) < 4.78 is 2.25. The number of anilines is 2. The summed E-state index contributed by atoms with van der Waals surface area (Å²) in [4.78, 5) is 24.4. The summed E-state index contributed by atoms with van der Waals surface area (Å²) in [7, 11) is 0. The molecule has 1 aromatic carbocycles. The maximum absolute atomic E-state index is 12.3. The lowest BCUT2D eigenvalue weighted by Crippen LogP contribution is -2.36. The molecule has 2 rings (SSSR count). The first-order chi connectivity index (χ1) is 11.6. The van der Waals surface area contributed by atoms with Gasteiger partial charge in [-0.1, -0.05) is 27.5 Å². The summed E-state index contributed by atoms with van der Waals surface area (Å²) in [6.45, 7) is 7.45. The number of carbonyl (C=O) groups is 1. The summed E-state index contributed by atoms with van der Waals surface area (Å²) >= 11 is 9.50. The number of amides is 1. The van der Waals surface area contributed by atoms with Crippen molar-refractivity contribution in [1.29, 1.82) is 0 Å². The van der Waals surface area contributed by atoms with Crippen molar-refractivity contribution < 1.29 is 4.79 Å². The van der Waals surface area contributed by atoms with E-state index in [-0.39, 0.29) is 17.5 Å². The van der Waals surface area contributed by atoms with Crippen molar-refractivity contribution >= 4 is 44.8 Å². The van der Waals surface area contributed by atoms with Crippen LogP contribution in [-0.2, 0) is 10.3 Å².